The van der Waals surface area contributed by atoms with Gasteiger partial charge in [-0.1, -0.05) is 6.92 Å². The molecule has 1 aromatic heterocycles. The molecule has 2 aliphatic heterocycles. The second-order valence-corrected chi connectivity index (χ2v) is 10.8. The van der Waals surface area contributed by atoms with Crippen LogP contribution in [-0.4, -0.2) is 54.3 Å². The number of aliphatic hydroxyl groups excluding tert-OH is 1. The van der Waals surface area contributed by atoms with Crippen LogP contribution in [0.15, 0.2) is 6.07 Å². The van der Waals surface area contributed by atoms with E-state index in [1.54, 1.807) is 4.88 Å². The number of aryl methyl sites for hydroxylation is 1. The van der Waals surface area contributed by atoms with Gasteiger partial charge in [0.25, 0.3) is 0 Å². The molecular weight excluding hydrogens is 384 g/mol. The highest BCUT2D eigenvalue weighted by atomic mass is 32.1. The summed E-state index contributed by atoms with van der Waals surface area (Å²) in [5, 5.41) is 13.0. The molecule has 1 aromatic rings. The third-order valence-corrected chi connectivity index (χ3v) is 8.85. The van der Waals surface area contributed by atoms with E-state index in [1.807, 2.05) is 11.3 Å². The highest BCUT2D eigenvalue weighted by Crippen LogP contribution is 2.45. The molecule has 2 N–H and O–H groups in total. The Morgan fingerprint density at radius 3 is 2.83 bits per heavy atom. The van der Waals surface area contributed by atoms with Gasteiger partial charge in [-0.25, -0.2) is 0 Å². The van der Waals surface area contributed by atoms with Gasteiger partial charge in [-0.3, -0.25) is 4.79 Å². The van der Waals surface area contributed by atoms with Crippen molar-refractivity contribution in [3.63, 3.8) is 0 Å². The molecule has 1 spiro atoms. The van der Waals surface area contributed by atoms with Gasteiger partial charge in [0.1, 0.15) is 6.10 Å². The molecule has 3 heterocycles. The molecule has 2 saturated carbocycles. The maximum atomic E-state index is 12.0. The quantitative estimate of drug-likeness (QED) is 0.746. The van der Waals surface area contributed by atoms with Gasteiger partial charge in [0.15, 0.2) is 0 Å². The molecule has 5 rings (SSSR count). The van der Waals surface area contributed by atoms with E-state index >= 15 is 0 Å². The molecule has 3 fully saturated rings. The summed E-state index contributed by atoms with van der Waals surface area (Å²) < 4.78 is 6.40. The summed E-state index contributed by atoms with van der Waals surface area (Å²) in [5.41, 5.74) is 1.45. The van der Waals surface area contributed by atoms with Crippen LogP contribution in [0.2, 0.25) is 0 Å². The zero-order valence-electron chi connectivity index (χ0n) is 17.5. The zero-order valence-corrected chi connectivity index (χ0v) is 18.3. The van der Waals surface area contributed by atoms with E-state index in [0.717, 1.165) is 77.6 Å². The molecule has 5 nitrogen and oxygen atoms in total. The molecule has 0 aromatic carbocycles. The molecule has 0 radical (unpaired) electrons. The largest absolute Gasteiger partial charge is 0.383 e. The molecule has 160 valence electrons. The second-order valence-electron chi connectivity index (χ2n) is 9.62. The Kier molecular flexibility index (Phi) is 5.48. The predicted octanol–water partition coefficient (Wildman–Crippen LogP) is 2.84. The molecule has 1 atom stereocenters. The summed E-state index contributed by atoms with van der Waals surface area (Å²) in [6, 6.07) is 2.68. The Balaban J connectivity index is 1.09. The lowest BCUT2D eigenvalue weighted by Crippen LogP contribution is -2.52. The number of piperidine rings is 1. The highest BCUT2D eigenvalue weighted by Gasteiger charge is 2.43. The van der Waals surface area contributed by atoms with Gasteiger partial charge in [-0.15, -0.1) is 11.3 Å². The van der Waals surface area contributed by atoms with Crippen LogP contribution in [-0.2, 0) is 28.0 Å². The third kappa shape index (κ3) is 4.01. The van der Waals surface area contributed by atoms with Crippen LogP contribution in [0.4, 0.5) is 0 Å². The normalized spacial score (nSPS) is 29.9. The number of rotatable bonds is 6. The first-order valence-corrected chi connectivity index (χ1v) is 12.3. The molecule has 6 heteroatoms. The predicted molar refractivity (Wildman–Crippen MR) is 114 cm³/mol. The Labute approximate surface area is 177 Å². The second kappa shape index (κ2) is 7.95. The summed E-state index contributed by atoms with van der Waals surface area (Å²) in [5.74, 6) is 0.733. The number of carbonyl (C=O) groups is 1. The average Bonchev–Trinajstić information content (AvgIpc) is 3.46. The maximum Gasteiger partial charge on any atom is 0.249 e. The number of ether oxygens (including phenoxy) is 1. The summed E-state index contributed by atoms with van der Waals surface area (Å²) in [7, 11) is 0. The summed E-state index contributed by atoms with van der Waals surface area (Å²) in [4.78, 5) is 17.7. The maximum absolute atomic E-state index is 12.0. The molecule has 0 bridgehead atoms. The van der Waals surface area contributed by atoms with Gasteiger partial charge >= 0.3 is 0 Å². The monoisotopic (exact) mass is 418 g/mol. The molecule has 2 aliphatic carbocycles. The number of fused-ring (bicyclic) bond motifs is 2. The standard InChI is InChI=1S/C23H34N2O3S/c1-2-18-13-19-20(29-18)5-10-28-23(19)6-8-25(9-7-23)14-15-11-17(12-15)24-22(27)21(26)16-3-4-16/h13,15-17,21,26H,2-12,14H2,1H3,(H,24,27). The minimum absolute atomic E-state index is 0.0386. The van der Waals surface area contributed by atoms with Crippen LogP contribution in [0.5, 0.6) is 0 Å². The smallest absolute Gasteiger partial charge is 0.249 e. The van der Waals surface area contributed by atoms with Gasteiger partial charge in [0, 0.05) is 41.9 Å². The summed E-state index contributed by atoms with van der Waals surface area (Å²) >= 11 is 1.99. The minimum atomic E-state index is -0.780. The Bertz CT molecular complexity index is 745. The van der Waals surface area contributed by atoms with Crippen LogP contribution in [0.1, 0.15) is 60.8 Å². The van der Waals surface area contributed by atoms with Crippen LogP contribution in [0, 0.1) is 11.8 Å². The first-order valence-electron chi connectivity index (χ1n) is 11.5. The molecule has 1 unspecified atom stereocenters. The molecular formula is C23H34N2O3S. The van der Waals surface area contributed by atoms with Gasteiger partial charge in [-0.2, -0.15) is 0 Å². The number of aliphatic hydroxyl groups is 1. The first-order chi connectivity index (χ1) is 14.1. The number of thiophene rings is 1. The minimum Gasteiger partial charge on any atom is -0.383 e. The fourth-order valence-electron chi connectivity index (χ4n) is 5.44. The van der Waals surface area contributed by atoms with Gasteiger partial charge in [-0.05, 0) is 68.4 Å². The number of likely N-dealkylation sites (tertiary alicyclic amines) is 1. The lowest BCUT2D eigenvalue weighted by Gasteiger charge is -2.46. The van der Waals surface area contributed by atoms with E-state index in [4.69, 9.17) is 4.74 Å². The topological polar surface area (TPSA) is 61.8 Å². The number of nitrogens with one attached hydrogen (secondary N) is 1. The van der Waals surface area contributed by atoms with Crippen LogP contribution in [0.3, 0.4) is 0 Å². The SMILES string of the molecule is CCc1cc2c(s1)CCOC21CCN(CC2CC(NC(=O)C(O)C3CC3)C2)CC1. The fraction of sp³-hybridized carbons (Fsp3) is 0.783. The first kappa shape index (κ1) is 20.0. The van der Waals surface area contributed by atoms with E-state index in [2.05, 4.69) is 23.2 Å². The molecule has 4 aliphatic rings. The fourth-order valence-corrected chi connectivity index (χ4v) is 6.62. The molecule has 29 heavy (non-hydrogen) atoms. The van der Waals surface area contributed by atoms with Crippen molar-refractivity contribution < 1.29 is 14.6 Å². The van der Waals surface area contributed by atoms with E-state index in [1.165, 1.54) is 10.4 Å². The van der Waals surface area contributed by atoms with Crippen molar-refractivity contribution in [2.75, 3.05) is 26.2 Å². The molecule has 1 amide bonds. The van der Waals surface area contributed by atoms with Crippen molar-refractivity contribution in [2.24, 2.45) is 11.8 Å². The highest BCUT2D eigenvalue weighted by molar-refractivity contribution is 7.12. The van der Waals surface area contributed by atoms with Crippen molar-refractivity contribution in [3.05, 3.63) is 21.4 Å². The Morgan fingerprint density at radius 2 is 2.14 bits per heavy atom. The van der Waals surface area contributed by atoms with Gasteiger partial charge < -0.3 is 20.1 Å². The van der Waals surface area contributed by atoms with Crippen LogP contribution >= 0.6 is 11.3 Å². The number of hydrogen-bond acceptors (Lipinski definition) is 5. The number of amides is 1. The van der Waals surface area contributed by atoms with Gasteiger partial charge in [0.2, 0.25) is 5.91 Å². The van der Waals surface area contributed by atoms with E-state index in [0.29, 0.717) is 5.92 Å². The zero-order chi connectivity index (χ0) is 20.0. The molecule has 1 saturated heterocycles. The number of hydrogen-bond donors (Lipinski definition) is 2. The van der Waals surface area contributed by atoms with E-state index in [-0.39, 0.29) is 23.5 Å². The van der Waals surface area contributed by atoms with E-state index in [9.17, 15) is 9.90 Å². The lowest BCUT2D eigenvalue weighted by molar-refractivity contribution is -0.132. The van der Waals surface area contributed by atoms with Crippen LogP contribution < -0.4 is 5.32 Å². The summed E-state index contributed by atoms with van der Waals surface area (Å²) in [6.07, 6.45) is 7.71. The Morgan fingerprint density at radius 1 is 1.38 bits per heavy atom. The van der Waals surface area contributed by atoms with Crippen LogP contribution in [0.25, 0.3) is 0 Å². The van der Waals surface area contributed by atoms with Crippen molar-refractivity contribution in [1.82, 2.24) is 10.2 Å². The third-order valence-electron chi connectivity index (χ3n) is 7.51. The van der Waals surface area contributed by atoms with Crippen molar-refractivity contribution >= 4 is 17.2 Å². The van der Waals surface area contributed by atoms with Crippen molar-refractivity contribution in [2.45, 2.75) is 76.0 Å². The number of carbonyl (C=O) groups excluding carboxylic acids is 1. The van der Waals surface area contributed by atoms with E-state index < -0.39 is 6.10 Å². The van der Waals surface area contributed by atoms with Gasteiger partial charge in [0.05, 0.1) is 12.2 Å². The lowest BCUT2D eigenvalue weighted by atomic mass is 9.78. The summed E-state index contributed by atoms with van der Waals surface area (Å²) in [6.45, 7) is 6.45. The average molecular weight is 419 g/mol. The van der Waals surface area contributed by atoms with Crippen molar-refractivity contribution in [3.8, 4) is 0 Å². The number of nitrogens with zero attached hydrogens (tertiary/aromatic N) is 1. The Hall–Kier alpha value is -0.950. The van der Waals surface area contributed by atoms with Crippen molar-refractivity contribution in [1.29, 1.82) is 0 Å².